The molecule has 1 saturated heterocycles. The van der Waals surface area contributed by atoms with Crippen LogP contribution in [-0.4, -0.2) is 17.2 Å². The lowest BCUT2D eigenvalue weighted by molar-refractivity contribution is 0.335. The zero-order chi connectivity index (χ0) is 11.3. The fourth-order valence-electron chi connectivity index (χ4n) is 2.09. The van der Waals surface area contributed by atoms with Crippen LogP contribution in [0.1, 0.15) is 13.3 Å². The maximum Gasteiger partial charge on any atom is 0.299 e. The molecule has 1 aromatic carbocycles. The summed E-state index contributed by atoms with van der Waals surface area (Å²) in [6, 6.07) is 6.83. The number of anilines is 1. The highest BCUT2D eigenvalue weighted by Crippen LogP contribution is 2.32. The van der Waals surface area contributed by atoms with Crippen LogP contribution in [0.4, 0.5) is 6.01 Å². The molecular weight excluding hydrogens is 270 g/mol. The molecule has 2 atom stereocenters. The van der Waals surface area contributed by atoms with Gasteiger partial charge in [-0.2, -0.15) is 4.98 Å². The van der Waals surface area contributed by atoms with Crippen LogP contribution in [0.5, 0.6) is 0 Å². The van der Waals surface area contributed by atoms with E-state index in [0.29, 0.717) is 12.1 Å². The summed E-state index contributed by atoms with van der Waals surface area (Å²) in [6.45, 7) is 2.12. The molecule has 0 bridgehead atoms. The summed E-state index contributed by atoms with van der Waals surface area (Å²) in [6.07, 6.45) is 1.02. The van der Waals surface area contributed by atoms with Crippen molar-refractivity contribution in [2.75, 3.05) is 4.90 Å². The number of hydrogen-bond donors (Lipinski definition) is 1. The molecule has 16 heavy (non-hydrogen) atoms. The maximum absolute atomic E-state index is 5.91. The van der Waals surface area contributed by atoms with Gasteiger partial charge in [-0.3, -0.25) is 0 Å². The van der Waals surface area contributed by atoms with Crippen LogP contribution in [0.3, 0.4) is 0 Å². The van der Waals surface area contributed by atoms with Crippen LogP contribution in [-0.2, 0) is 0 Å². The van der Waals surface area contributed by atoms with Gasteiger partial charge < -0.3 is 15.1 Å². The van der Waals surface area contributed by atoms with Gasteiger partial charge in [-0.15, -0.1) is 0 Å². The number of benzene rings is 1. The van der Waals surface area contributed by atoms with E-state index in [9.17, 15) is 0 Å². The predicted molar refractivity (Wildman–Crippen MR) is 66.2 cm³/mol. The number of halogens is 1. The average molecular weight is 282 g/mol. The Bertz CT molecular complexity index is 531. The van der Waals surface area contributed by atoms with E-state index in [0.717, 1.165) is 22.0 Å². The molecule has 1 unspecified atom stereocenters. The zero-order valence-corrected chi connectivity index (χ0v) is 10.4. The van der Waals surface area contributed by atoms with E-state index < -0.39 is 0 Å². The number of nitrogens with two attached hydrogens (primary N) is 1. The minimum atomic E-state index is 0.0338. The Labute approximate surface area is 102 Å². The molecule has 2 aromatic rings. The van der Waals surface area contributed by atoms with Crippen LogP contribution in [0.15, 0.2) is 27.1 Å². The summed E-state index contributed by atoms with van der Waals surface area (Å²) in [5, 5.41) is 0. The standard InChI is InChI=1S/C11H12BrN3O/c1-6-4-10(13)15(6)11-14-8-5-7(12)2-3-9(8)16-11/h2-3,5-6,10H,4,13H2,1H3/t6-,10?/m1/s1. The molecule has 84 valence electrons. The minimum Gasteiger partial charge on any atom is -0.423 e. The fraction of sp³-hybridized carbons (Fsp3) is 0.364. The maximum atomic E-state index is 5.91. The van der Waals surface area contributed by atoms with Crippen LogP contribution in [0, 0.1) is 0 Å². The van der Waals surface area contributed by atoms with Crippen LogP contribution in [0.25, 0.3) is 11.1 Å². The molecular formula is C11H12BrN3O. The molecule has 0 saturated carbocycles. The number of oxazole rings is 1. The van der Waals surface area contributed by atoms with Crippen LogP contribution < -0.4 is 10.6 Å². The van der Waals surface area contributed by atoms with Crippen molar-refractivity contribution in [3.63, 3.8) is 0 Å². The third kappa shape index (κ3) is 1.43. The Balaban J connectivity index is 2.05. The molecule has 1 aliphatic heterocycles. The van der Waals surface area contributed by atoms with Gasteiger partial charge in [0, 0.05) is 16.9 Å². The molecule has 3 rings (SSSR count). The summed E-state index contributed by atoms with van der Waals surface area (Å²) >= 11 is 3.41. The molecule has 4 nitrogen and oxygen atoms in total. The van der Waals surface area contributed by atoms with Gasteiger partial charge in [-0.05, 0) is 25.1 Å². The van der Waals surface area contributed by atoms with Gasteiger partial charge in [0.25, 0.3) is 6.01 Å². The Morgan fingerprint density at radius 2 is 2.38 bits per heavy atom. The van der Waals surface area contributed by atoms with Gasteiger partial charge in [0.15, 0.2) is 5.58 Å². The first kappa shape index (κ1) is 10.1. The average Bonchev–Trinajstić information content (AvgIpc) is 2.59. The van der Waals surface area contributed by atoms with E-state index in [4.69, 9.17) is 10.2 Å². The van der Waals surface area contributed by atoms with Crippen molar-refractivity contribution < 1.29 is 4.42 Å². The summed E-state index contributed by atoms with van der Waals surface area (Å²) in [5.41, 5.74) is 7.57. The number of hydrogen-bond acceptors (Lipinski definition) is 4. The molecule has 2 heterocycles. The Hall–Kier alpha value is -1.07. The predicted octanol–water partition coefficient (Wildman–Crippen LogP) is 2.47. The first-order valence-corrected chi connectivity index (χ1v) is 6.04. The summed E-state index contributed by atoms with van der Waals surface area (Å²) in [5.74, 6) is 0. The summed E-state index contributed by atoms with van der Waals surface area (Å²) < 4.78 is 6.68. The van der Waals surface area contributed by atoms with E-state index >= 15 is 0 Å². The largest absolute Gasteiger partial charge is 0.423 e. The molecule has 0 spiro atoms. The second-order valence-electron chi connectivity index (χ2n) is 4.17. The Kier molecular flexibility index (Phi) is 2.19. The molecule has 0 amide bonds. The molecule has 2 N–H and O–H groups in total. The molecule has 1 aromatic heterocycles. The highest BCUT2D eigenvalue weighted by molar-refractivity contribution is 9.10. The highest BCUT2D eigenvalue weighted by atomic mass is 79.9. The van der Waals surface area contributed by atoms with Gasteiger partial charge in [0.05, 0.1) is 6.17 Å². The number of nitrogens with zero attached hydrogens (tertiary/aromatic N) is 2. The topological polar surface area (TPSA) is 55.3 Å². The minimum absolute atomic E-state index is 0.0338. The van der Waals surface area contributed by atoms with Crippen LogP contribution in [0.2, 0.25) is 0 Å². The molecule has 0 aliphatic carbocycles. The number of rotatable bonds is 1. The summed E-state index contributed by atoms with van der Waals surface area (Å²) in [7, 11) is 0. The van der Waals surface area contributed by atoms with Crippen LogP contribution >= 0.6 is 15.9 Å². The lowest BCUT2D eigenvalue weighted by Gasteiger charge is -2.43. The highest BCUT2D eigenvalue weighted by Gasteiger charge is 2.35. The van der Waals surface area contributed by atoms with E-state index in [1.54, 1.807) is 0 Å². The van der Waals surface area contributed by atoms with E-state index in [1.165, 1.54) is 0 Å². The normalized spacial score (nSPS) is 24.8. The summed E-state index contributed by atoms with van der Waals surface area (Å²) in [4.78, 5) is 6.45. The van der Waals surface area contributed by atoms with Crippen molar-refractivity contribution in [3.8, 4) is 0 Å². The molecule has 1 aliphatic rings. The third-order valence-corrected chi connectivity index (χ3v) is 3.47. The van der Waals surface area contributed by atoms with Gasteiger partial charge >= 0.3 is 0 Å². The second kappa shape index (κ2) is 3.46. The first-order valence-electron chi connectivity index (χ1n) is 5.25. The lowest BCUT2D eigenvalue weighted by Crippen LogP contribution is -2.59. The van der Waals surface area contributed by atoms with Gasteiger partial charge in [0.1, 0.15) is 5.52 Å². The fourth-order valence-corrected chi connectivity index (χ4v) is 2.44. The third-order valence-electron chi connectivity index (χ3n) is 2.97. The molecule has 5 heteroatoms. The second-order valence-corrected chi connectivity index (χ2v) is 5.08. The van der Waals surface area contributed by atoms with E-state index in [2.05, 4.69) is 27.8 Å². The Morgan fingerprint density at radius 1 is 1.56 bits per heavy atom. The first-order chi connectivity index (χ1) is 7.65. The van der Waals surface area contributed by atoms with Crippen molar-refractivity contribution in [1.29, 1.82) is 0 Å². The van der Waals surface area contributed by atoms with Gasteiger partial charge in [-0.1, -0.05) is 15.9 Å². The van der Waals surface area contributed by atoms with Crippen molar-refractivity contribution in [3.05, 3.63) is 22.7 Å². The van der Waals surface area contributed by atoms with Crippen molar-refractivity contribution in [2.24, 2.45) is 5.73 Å². The van der Waals surface area contributed by atoms with Crippen molar-refractivity contribution >= 4 is 33.0 Å². The molecule has 0 radical (unpaired) electrons. The SMILES string of the molecule is C[C@@H]1CC(N)N1c1nc2cc(Br)ccc2o1. The number of aromatic nitrogens is 1. The van der Waals surface area contributed by atoms with E-state index in [-0.39, 0.29) is 6.17 Å². The van der Waals surface area contributed by atoms with Crippen molar-refractivity contribution in [2.45, 2.75) is 25.6 Å². The van der Waals surface area contributed by atoms with E-state index in [1.807, 2.05) is 23.1 Å². The lowest BCUT2D eigenvalue weighted by atomic mass is 10.0. The van der Waals surface area contributed by atoms with Crippen molar-refractivity contribution in [1.82, 2.24) is 4.98 Å². The van der Waals surface area contributed by atoms with Gasteiger partial charge in [-0.25, -0.2) is 0 Å². The Morgan fingerprint density at radius 3 is 3.06 bits per heavy atom. The number of fused-ring (bicyclic) bond motifs is 1. The quantitative estimate of drug-likeness (QED) is 0.873. The zero-order valence-electron chi connectivity index (χ0n) is 8.85. The monoisotopic (exact) mass is 281 g/mol. The molecule has 1 fully saturated rings. The van der Waals surface area contributed by atoms with Gasteiger partial charge in [0.2, 0.25) is 0 Å². The smallest absolute Gasteiger partial charge is 0.299 e.